The first-order chi connectivity index (χ1) is 17.3. The first-order valence-corrected chi connectivity index (χ1v) is 12.6. The minimum atomic E-state index is -4.73. The van der Waals surface area contributed by atoms with Gasteiger partial charge in [0.2, 0.25) is 5.82 Å². The van der Waals surface area contributed by atoms with Crippen LogP contribution >= 0.6 is 11.8 Å². The zero-order chi connectivity index (χ0) is 25.2. The molecule has 2 aromatic carbocycles. The Hall–Kier alpha value is -3.11. The van der Waals surface area contributed by atoms with Gasteiger partial charge < -0.3 is 14.6 Å². The van der Waals surface area contributed by atoms with Crippen LogP contribution in [0.1, 0.15) is 41.1 Å². The van der Waals surface area contributed by atoms with Crippen LogP contribution in [-0.4, -0.2) is 41.1 Å². The number of halogens is 3. The molecule has 3 heterocycles. The summed E-state index contributed by atoms with van der Waals surface area (Å²) in [6.07, 6.45) is -2.14. The molecule has 1 aromatic heterocycles. The minimum Gasteiger partial charge on any atom is -0.381 e. The van der Waals surface area contributed by atoms with Crippen LogP contribution in [0.25, 0.3) is 17.0 Å². The highest BCUT2D eigenvalue weighted by Gasteiger charge is 2.43. The molecule has 188 valence electrons. The van der Waals surface area contributed by atoms with E-state index in [0.717, 1.165) is 19.3 Å². The Morgan fingerprint density at radius 3 is 2.56 bits per heavy atom. The van der Waals surface area contributed by atoms with Gasteiger partial charge in [0.25, 0.3) is 5.91 Å². The third kappa shape index (κ3) is 5.19. The first kappa shape index (κ1) is 24.6. The summed E-state index contributed by atoms with van der Waals surface area (Å²) in [6.45, 7) is 1.76. The van der Waals surface area contributed by atoms with Crippen molar-refractivity contribution in [3.05, 3.63) is 77.0 Å². The molecule has 0 spiro atoms. The molecule has 5 rings (SSSR count). The highest BCUT2D eigenvalue weighted by molar-refractivity contribution is 8.03. The smallest absolute Gasteiger partial charge is 0.381 e. The number of allylic oxidation sites excluding steroid dienone is 1. The monoisotopic (exact) mass is 515 g/mol. The number of rotatable bonds is 6. The number of alkyl halides is 3. The van der Waals surface area contributed by atoms with E-state index in [-0.39, 0.29) is 22.7 Å². The molecule has 0 saturated carbocycles. The molecule has 1 unspecified atom stereocenters. The van der Waals surface area contributed by atoms with E-state index >= 15 is 0 Å². The van der Waals surface area contributed by atoms with Crippen molar-refractivity contribution in [3.8, 4) is 11.4 Å². The van der Waals surface area contributed by atoms with Gasteiger partial charge in [0.15, 0.2) is 0 Å². The number of ether oxygens (including phenoxy) is 1. The largest absolute Gasteiger partial charge is 0.471 e. The molecule has 6 nitrogen and oxygen atoms in total. The lowest BCUT2D eigenvalue weighted by Gasteiger charge is -2.42. The van der Waals surface area contributed by atoms with E-state index in [2.05, 4.69) is 37.5 Å². The summed E-state index contributed by atoms with van der Waals surface area (Å²) < 4.78 is 48.4. The Labute approximate surface area is 210 Å². The number of thioether (sulfide) groups is 1. The summed E-state index contributed by atoms with van der Waals surface area (Å²) in [6, 6.07) is 16.5. The molecule has 0 bridgehead atoms. The average Bonchev–Trinajstić information content (AvgIpc) is 3.60. The van der Waals surface area contributed by atoms with E-state index in [1.54, 1.807) is 12.1 Å². The number of nitrogens with zero attached hydrogens (tertiary/aromatic N) is 2. The van der Waals surface area contributed by atoms with Crippen molar-refractivity contribution in [2.45, 2.75) is 30.7 Å². The molecule has 1 fully saturated rings. The molecule has 36 heavy (non-hydrogen) atoms. The first-order valence-electron chi connectivity index (χ1n) is 11.6. The number of carbonyl (C=O) groups is 1. The normalized spacial score (nSPS) is 19.6. The summed E-state index contributed by atoms with van der Waals surface area (Å²) in [5.74, 6) is -1.95. The van der Waals surface area contributed by atoms with E-state index in [4.69, 9.17) is 4.74 Å². The third-order valence-electron chi connectivity index (χ3n) is 6.75. The van der Waals surface area contributed by atoms with E-state index in [1.165, 1.54) is 23.3 Å². The second kappa shape index (κ2) is 10.1. The molecule has 1 saturated heterocycles. The van der Waals surface area contributed by atoms with E-state index < -0.39 is 12.1 Å². The Balaban J connectivity index is 1.28. The molecule has 1 atom stereocenters. The van der Waals surface area contributed by atoms with Crippen molar-refractivity contribution >= 4 is 23.2 Å². The maximum absolute atomic E-state index is 13.1. The standard InChI is InChI=1S/C26H24F3N3O3S/c27-26(28,29)24-31-22(32-35-24)18-7-4-8-19(13-18)23(33)30-16-25(9-11-34-12-10-25)21-14-20(15-36-21)17-5-2-1-3-6-17/h1-8,13,15,21H,9-12,14,16H2,(H,30,33). The van der Waals surface area contributed by atoms with Gasteiger partial charge in [0.05, 0.1) is 0 Å². The molecule has 0 radical (unpaired) electrons. The van der Waals surface area contributed by atoms with Crippen LogP contribution in [-0.2, 0) is 10.9 Å². The number of hydrogen-bond donors (Lipinski definition) is 1. The van der Waals surface area contributed by atoms with Crippen molar-refractivity contribution in [1.82, 2.24) is 15.5 Å². The zero-order valence-corrected chi connectivity index (χ0v) is 20.1. The van der Waals surface area contributed by atoms with Crippen LogP contribution in [0.3, 0.4) is 0 Å². The molecule has 2 aliphatic heterocycles. The summed E-state index contributed by atoms with van der Waals surface area (Å²) >= 11 is 1.81. The number of carbonyl (C=O) groups excluding carboxylic acids is 1. The predicted octanol–water partition coefficient (Wildman–Crippen LogP) is 5.83. The maximum Gasteiger partial charge on any atom is 0.471 e. The molecular formula is C26H24F3N3O3S. The van der Waals surface area contributed by atoms with Gasteiger partial charge in [-0.25, -0.2) is 0 Å². The number of amides is 1. The Bertz CT molecular complexity index is 1250. The fraction of sp³-hybridized carbons (Fsp3) is 0.346. The number of nitrogens with one attached hydrogen (secondary N) is 1. The van der Waals surface area contributed by atoms with Gasteiger partial charge in [0, 0.05) is 41.6 Å². The average molecular weight is 516 g/mol. The lowest BCUT2D eigenvalue weighted by molar-refractivity contribution is -0.159. The van der Waals surface area contributed by atoms with Crippen molar-refractivity contribution in [2.24, 2.45) is 5.41 Å². The molecule has 10 heteroatoms. The maximum atomic E-state index is 13.1. The van der Waals surface area contributed by atoms with Crippen LogP contribution in [0, 0.1) is 5.41 Å². The van der Waals surface area contributed by atoms with Crippen molar-refractivity contribution in [1.29, 1.82) is 0 Å². The summed E-state index contributed by atoms with van der Waals surface area (Å²) in [7, 11) is 0. The highest BCUT2D eigenvalue weighted by Crippen LogP contribution is 2.49. The van der Waals surface area contributed by atoms with E-state index in [9.17, 15) is 18.0 Å². The SMILES string of the molecule is O=C(NCC1(C2CC(c3ccccc3)=CS2)CCOCC1)c1cccc(-c2noc(C(F)(F)F)n2)c1. The summed E-state index contributed by atoms with van der Waals surface area (Å²) in [5.41, 5.74) is 2.97. The lowest BCUT2D eigenvalue weighted by atomic mass is 9.74. The van der Waals surface area contributed by atoms with Gasteiger partial charge in [-0.2, -0.15) is 18.2 Å². The molecule has 1 N–H and O–H groups in total. The second-order valence-corrected chi connectivity index (χ2v) is 10.1. The molecule has 3 aromatic rings. The van der Waals surface area contributed by atoms with Crippen LogP contribution in [0.2, 0.25) is 0 Å². The third-order valence-corrected chi connectivity index (χ3v) is 8.16. The summed E-state index contributed by atoms with van der Waals surface area (Å²) in [5, 5.41) is 9.02. The highest BCUT2D eigenvalue weighted by atomic mass is 32.2. The Morgan fingerprint density at radius 1 is 1.08 bits per heavy atom. The zero-order valence-electron chi connectivity index (χ0n) is 19.3. The van der Waals surface area contributed by atoms with Gasteiger partial charge in [-0.1, -0.05) is 47.6 Å². The minimum absolute atomic E-state index is 0.126. The van der Waals surface area contributed by atoms with Crippen LogP contribution in [0.4, 0.5) is 13.2 Å². The second-order valence-electron chi connectivity index (χ2n) is 9.00. The van der Waals surface area contributed by atoms with Gasteiger partial charge in [0.1, 0.15) is 0 Å². The fourth-order valence-electron chi connectivity index (χ4n) is 4.66. The van der Waals surface area contributed by atoms with Crippen LogP contribution in [0.5, 0.6) is 0 Å². The van der Waals surface area contributed by atoms with E-state index in [1.807, 2.05) is 30.0 Å². The summed E-state index contributed by atoms with van der Waals surface area (Å²) in [4.78, 5) is 16.5. The Kier molecular flexibility index (Phi) is 6.90. The topological polar surface area (TPSA) is 77.2 Å². The van der Waals surface area contributed by atoms with Crippen LogP contribution in [0.15, 0.2) is 64.5 Å². The quantitative estimate of drug-likeness (QED) is 0.445. The molecule has 0 aliphatic carbocycles. The molecular weight excluding hydrogens is 491 g/mol. The van der Waals surface area contributed by atoms with Gasteiger partial charge in [-0.3, -0.25) is 4.79 Å². The van der Waals surface area contributed by atoms with Crippen molar-refractivity contribution < 1.29 is 27.2 Å². The van der Waals surface area contributed by atoms with E-state index in [0.29, 0.717) is 30.6 Å². The van der Waals surface area contributed by atoms with Crippen LogP contribution < -0.4 is 5.32 Å². The number of aromatic nitrogens is 2. The number of hydrogen-bond acceptors (Lipinski definition) is 6. The lowest BCUT2D eigenvalue weighted by Crippen LogP contribution is -2.47. The van der Waals surface area contributed by atoms with Gasteiger partial charge in [-0.15, -0.1) is 11.8 Å². The van der Waals surface area contributed by atoms with Gasteiger partial charge in [-0.05, 0) is 47.9 Å². The Morgan fingerprint density at radius 2 is 1.83 bits per heavy atom. The van der Waals surface area contributed by atoms with Crippen molar-refractivity contribution in [3.63, 3.8) is 0 Å². The molecule has 2 aliphatic rings. The predicted molar refractivity (Wildman–Crippen MR) is 130 cm³/mol. The fourth-order valence-corrected chi connectivity index (χ4v) is 6.11. The van der Waals surface area contributed by atoms with Gasteiger partial charge >= 0.3 is 12.1 Å². The van der Waals surface area contributed by atoms with Crippen molar-refractivity contribution in [2.75, 3.05) is 19.8 Å². The molecule has 1 amide bonds. The number of benzene rings is 2.